The Kier molecular flexibility index (Phi) is 6.07. The van der Waals surface area contributed by atoms with Crippen LogP contribution in [0.15, 0.2) is 54.2 Å². The number of ether oxygens (including phenoxy) is 1. The van der Waals surface area contributed by atoms with Gasteiger partial charge in [0, 0.05) is 18.7 Å². The van der Waals surface area contributed by atoms with E-state index in [-0.39, 0.29) is 24.5 Å². The highest BCUT2D eigenvalue weighted by Crippen LogP contribution is 2.34. The van der Waals surface area contributed by atoms with Crippen molar-refractivity contribution in [3.63, 3.8) is 0 Å². The zero-order valence-electron chi connectivity index (χ0n) is 17.9. The number of amides is 2. The van der Waals surface area contributed by atoms with E-state index in [9.17, 15) is 14.0 Å². The quantitative estimate of drug-likeness (QED) is 0.649. The van der Waals surface area contributed by atoms with E-state index in [1.54, 1.807) is 18.2 Å². The molecule has 31 heavy (non-hydrogen) atoms. The summed E-state index contributed by atoms with van der Waals surface area (Å²) in [5, 5.41) is 0. The predicted molar refractivity (Wildman–Crippen MR) is 117 cm³/mol. The molecule has 0 aromatic heterocycles. The third kappa shape index (κ3) is 4.33. The fourth-order valence-corrected chi connectivity index (χ4v) is 4.15. The summed E-state index contributed by atoms with van der Waals surface area (Å²) < 4.78 is 19.9. The molecular formula is C25H27FN2O3. The molecule has 2 heterocycles. The minimum Gasteiger partial charge on any atom is -0.491 e. The lowest BCUT2D eigenvalue weighted by atomic mass is 10.0. The molecule has 2 aliphatic rings. The average Bonchev–Trinajstić information content (AvgIpc) is 3.01. The van der Waals surface area contributed by atoms with Crippen molar-refractivity contribution < 1.29 is 18.7 Å². The summed E-state index contributed by atoms with van der Waals surface area (Å²) in [6.45, 7) is 5.29. The fraction of sp³-hybridized carbons (Fsp3) is 0.360. The van der Waals surface area contributed by atoms with Gasteiger partial charge in [-0.1, -0.05) is 30.3 Å². The Balaban J connectivity index is 1.70. The molecule has 2 amide bonds. The monoisotopic (exact) mass is 422 g/mol. The van der Waals surface area contributed by atoms with Gasteiger partial charge in [0.1, 0.15) is 17.3 Å². The largest absolute Gasteiger partial charge is 0.491 e. The van der Waals surface area contributed by atoms with Crippen LogP contribution in [0.5, 0.6) is 5.75 Å². The number of carbonyl (C=O) groups is 2. The number of rotatable bonds is 6. The SMILES string of the molecule is CC(C)Oc1ccc(C2=C(N3CCCCC3)C(=O)N(Cc3ccccc3F)C2=O)cc1. The van der Waals surface area contributed by atoms with Crippen LogP contribution in [0, 0.1) is 5.82 Å². The van der Waals surface area contributed by atoms with Crippen LogP contribution in [0.1, 0.15) is 44.2 Å². The number of hydrogen-bond acceptors (Lipinski definition) is 4. The van der Waals surface area contributed by atoms with Gasteiger partial charge in [0.2, 0.25) is 0 Å². The minimum absolute atomic E-state index is 0.0416. The van der Waals surface area contributed by atoms with Crippen molar-refractivity contribution >= 4 is 17.4 Å². The van der Waals surface area contributed by atoms with Crippen LogP contribution in [0.25, 0.3) is 5.57 Å². The van der Waals surface area contributed by atoms with Crippen molar-refractivity contribution in [1.82, 2.24) is 9.80 Å². The summed E-state index contributed by atoms with van der Waals surface area (Å²) in [5.74, 6) is -0.455. The number of benzene rings is 2. The van der Waals surface area contributed by atoms with Crippen molar-refractivity contribution in [2.45, 2.75) is 45.8 Å². The molecule has 0 unspecified atom stereocenters. The first-order chi connectivity index (χ1) is 15.0. The maximum atomic E-state index is 14.2. The first kappa shape index (κ1) is 21.1. The topological polar surface area (TPSA) is 49.9 Å². The number of hydrogen-bond donors (Lipinski definition) is 0. The molecule has 0 saturated carbocycles. The minimum atomic E-state index is -0.425. The molecule has 4 rings (SSSR count). The normalized spacial score (nSPS) is 17.2. The third-order valence-electron chi connectivity index (χ3n) is 5.62. The van der Waals surface area contributed by atoms with Gasteiger partial charge in [-0.05, 0) is 56.9 Å². The molecule has 0 N–H and O–H groups in total. The number of likely N-dealkylation sites (tertiary alicyclic amines) is 1. The molecule has 0 atom stereocenters. The number of piperidine rings is 1. The Labute approximate surface area is 182 Å². The summed E-state index contributed by atoms with van der Waals surface area (Å²) in [7, 11) is 0. The van der Waals surface area contributed by atoms with Crippen LogP contribution in [0.4, 0.5) is 4.39 Å². The van der Waals surface area contributed by atoms with E-state index in [0.717, 1.165) is 37.3 Å². The first-order valence-electron chi connectivity index (χ1n) is 10.8. The van der Waals surface area contributed by atoms with Crippen molar-refractivity contribution in [1.29, 1.82) is 0 Å². The van der Waals surface area contributed by atoms with Gasteiger partial charge in [-0.25, -0.2) is 4.39 Å². The van der Waals surface area contributed by atoms with Crippen LogP contribution >= 0.6 is 0 Å². The van der Waals surface area contributed by atoms with Gasteiger partial charge < -0.3 is 9.64 Å². The standard InChI is InChI=1S/C25H27FN2O3/c1-17(2)31-20-12-10-18(11-13-20)22-23(27-14-6-3-7-15-27)25(30)28(24(22)29)16-19-8-4-5-9-21(19)26/h4-5,8-13,17H,3,6-7,14-16H2,1-2H3. The van der Waals surface area contributed by atoms with Gasteiger partial charge in [0.05, 0.1) is 18.2 Å². The lowest BCUT2D eigenvalue weighted by Gasteiger charge is -2.29. The number of carbonyl (C=O) groups excluding carboxylic acids is 2. The smallest absolute Gasteiger partial charge is 0.278 e. The van der Waals surface area contributed by atoms with Crippen LogP contribution < -0.4 is 4.74 Å². The predicted octanol–water partition coefficient (Wildman–Crippen LogP) is 4.38. The second kappa shape index (κ2) is 8.92. The van der Waals surface area contributed by atoms with Crippen molar-refractivity contribution in [2.75, 3.05) is 13.1 Å². The van der Waals surface area contributed by atoms with E-state index in [4.69, 9.17) is 4.74 Å². The molecule has 0 radical (unpaired) electrons. The Hall–Kier alpha value is -3.15. The Morgan fingerprint density at radius 2 is 1.61 bits per heavy atom. The lowest BCUT2D eigenvalue weighted by molar-refractivity contribution is -0.138. The second-order valence-corrected chi connectivity index (χ2v) is 8.25. The van der Waals surface area contributed by atoms with Gasteiger partial charge in [-0.15, -0.1) is 0 Å². The number of imide groups is 1. The summed E-state index contributed by atoms with van der Waals surface area (Å²) in [6.07, 6.45) is 3.11. The van der Waals surface area contributed by atoms with E-state index < -0.39 is 5.82 Å². The molecule has 1 saturated heterocycles. The van der Waals surface area contributed by atoms with Gasteiger partial charge in [-0.2, -0.15) is 0 Å². The number of halogens is 1. The van der Waals surface area contributed by atoms with Crippen LogP contribution in [-0.2, 0) is 16.1 Å². The summed E-state index contributed by atoms with van der Waals surface area (Å²) in [4.78, 5) is 30.0. The first-order valence-corrected chi connectivity index (χ1v) is 10.8. The number of nitrogens with zero attached hydrogens (tertiary/aromatic N) is 2. The lowest BCUT2D eigenvalue weighted by Crippen LogP contribution is -2.37. The molecule has 2 aliphatic heterocycles. The van der Waals surface area contributed by atoms with E-state index in [2.05, 4.69) is 0 Å². The second-order valence-electron chi connectivity index (χ2n) is 8.25. The highest BCUT2D eigenvalue weighted by atomic mass is 19.1. The van der Waals surface area contributed by atoms with E-state index in [1.807, 2.05) is 43.0 Å². The van der Waals surface area contributed by atoms with Crippen LogP contribution in [0.2, 0.25) is 0 Å². The summed E-state index contributed by atoms with van der Waals surface area (Å²) >= 11 is 0. The summed E-state index contributed by atoms with van der Waals surface area (Å²) in [6, 6.07) is 13.5. The van der Waals surface area contributed by atoms with Gasteiger partial charge in [-0.3, -0.25) is 14.5 Å². The Morgan fingerprint density at radius 1 is 0.935 bits per heavy atom. The van der Waals surface area contributed by atoms with Crippen LogP contribution in [-0.4, -0.2) is 40.8 Å². The zero-order chi connectivity index (χ0) is 22.0. The molecule has 0 spiro atoms. The van der Waals surface area contributed by atoms with Gasteiger partial charge >= 0.3 is 0 Å². The van der Waals surface area contributed by atoms with E-state index in [0.29, 0.717) is 28.1 Å². The molecule has 2 aromatic carbocycles. The van der Waals surface area contributed by atoms with Crippen molar-refractivity contribution in [3.05, 3.63) is 71.2 Å². The Morgan fingerprint density at radius 3 is 2.26 bits per heavy atom. The Bertz CT molecular complexity index is 1010. The summed E-state index contributed by atoms with van der Waals surface area (Å²) in [5.41, 5.74) is 1.81. The van der Waals surface area contributed by atoms with E-state index >= 15 is 0 Å². The van der Waals surface area contributed by atoms with E-state index in [1.165, 1.54) is 6.07 Å². The van der Waals surface area contributed by atoms with Crippen molar-refractivity contribution in [2.24, 2.45) is 0 Å². The maximum absolute atomic E-state index is 14.2. The molecule has 0 bridgehead atoms. The molecular weight excluding hydrogens is 395 g/mol. The molecule has 2 aromatic rings. The molecule has 0 aliphatic carbocycles. The van der Waals surface area contributed by atoms with Crippen LogP contribution in [0.3, 0.4) is 0 Å². The fourth-order valence-electron chi connectivity index (χ4n) is 4.15. The molecule has 162 valence electrons. The highest BCUT2D eigenvalue weighted by molar-refractivity contribution is 6.35. The zero-order valence-corrected chi connectivity index (χ0v) is 17.9. The average molecular weight is 423 g/mol. The maximum Gasteiger partial charge on any atom is 0.278 e. The highest BCUT2D eigenvalue weighted by Gasteiger charge is 2.42. The molecule has 1 fully saturated rings. The van der Waals surface area contributed by atoms with Gasteiger partial charge in [0.15, 0.2) is 0 Å². The van der Waals surface area contributed by atoms with Crippen molar-refractivity contribution in [3.8, 4) is 5.75 Å². The molecule has 6 heteroatoms. The third-order valence-corrected chi connectivity index (χ3v) is 5.62. The van der Waals surface area contributed by atoms with Gasteiger partial charge in [0.25, 0.3) is 11.8 Å². The molecule has 5 nitrogen and oxygen atoms in total.